The molecule has 1 aliphatic heterocycles. The second-order valence-corrected chi connectivity index (χ2v) is 7.39. The fourth-order valence-electron chi connectivity index (χ4n) is 2.20. The maximum atomic E-state index is 10.1. The Labute approximate surface area is 151 Å². The number of ether oxygens (including phenoxy) is 2. The standard InChI is InChI=1S/C18H30BN2O4/c1-17(2,22)18(3,4)25-19-15-6-7-16(20-14-15)24-11-5-8-21-9-12-23-13-10-21/h6-7,14,22H,5,8-13H2,1-4H3. The van der Waals surface area contributed by atoms with Gasteiger partial charge in [0.15, 0.2) is 0 Å². The van der Waals surface area contributed by atoms with Crippen molar-refractivity contribution in [2.75, 3.05) is 39.5 Å². The van der Waals surface area contributed by atoms with Crippen LogP contribution in [0.3, 0.4) is 0 Å². The molecule has 0 saturated carbocycles. The van der Waals surface area contributed by atoms with Crippen LogP contribution in [0.5, 0.6) is 5.88 Å². The summed E-state index contributed by atoms with van der Waals surface area (Å²) in [6.07, 6.45) is 2.68. The van der Waals surface area contributed by atoms with Crippen LogP contribution in [0.1, 0.15) is 34.1 Å². The van der Waals surface area contributed by atoms with Gasteiger partial charge in [-0.15, -0.1) is 0 Å². The molecule has 7 heteroatoms. The highest BCUT2D eigenvalue weighted by molar-refractivity contribution is 6.46. The molecule has 1 N–H and O–H groups in total. The Morgan fingerprint density at radius 2 is 1.96 bits per heavy atom. The lowest BCUT2D eigenvalue weighted by Crippen LogP contribution is -2.49. The zero-order chi connectivity index (χ0) is 18.3. The first-order valence-electron chi connectivity index (χ1n) is 8.90. The van der Waals surface area contributed by atoms with Gasteiger partial charge in [0.2, 0.25) is 5.88 Å². The highest BCUT2D eigenvalue weighted by Crippen LogP contribution is 2.24. The van der Waals surface area contributed by atoms with Crippen LogP contribution in [0.4, 0.5) is 0 Å². The summed E-state index contributed by atoms with van der Waals surface area (Å²) < 4.78 is 16.7. The smallest absolute Gasteiger partial charge is 0.332 e. The Morgan fingerprint density at radius 3 is 2.56 bits per heavy atom. The maximum Gasteiger partial charge on any atom is 0.332 e. The molecule has 0 spiro atoms. The number of aromatic nitrogens is 1. The van der Waals surface area contributed by atoms with Gasteiger partial charge in [-0.05, 0) is 45.6 Å². The third-order valence-electron chi connectivity index (χ3n) is 4.69. The summed E-state index contributed by atoms with van der Waals surface area (Å²) in [5.41, 5.74) is -0.805. The van der Waals surface area contributed by atoms with Crippen LogP contribution < -0.4 is 10.2 Å². The van der Waals surface area contributed by atoms with Crippen molar-refractivity contribution in [2.24, 2.45) is 0 Å². The molecule has 0 atom stereocenters. The van der Waals surface area contributed by atoms with Crippen LogP contribution in [0.15, 0.2) is 18.3 Å². The summed E-state index contributed by atoms with van der Waals surface area (Å²) in [6, 6.07) is 3.73. The van der Waals surface area contributed by atoms with Gasteiger partial charge in [0, 0.05) is 25.8 Å². The third-order valence-corrected chi connectivity index (χ3v) is 4.69. The van der Waals surface area contributed by atoms with Gasteiger partial charge in [-0.1, -0.05) is 6.07 Å². The molecule has 0 unspecified atom stereocenters. The van der Waals surface area contributed by atoms with E-state index < -0.39 is 11.2 Å². The van der Waals surface area contributed by atoms with Gasteiger partial charge in [-0.25, -0.2) is 4.98 Å². The van der Waals surface area contributed by atoms with E-state index in [1.807, 2.05) is 26.0 Å². The zero-order valence-electron chi connectivity index (χ0n) is 15.8. The Hall–Kier alpha value is -1.15. The van der Waals surface area contributed by atoms with Crippen LogP contribution in [0, 0.1) is 0 Å². The molecule has 1 aliphatic rings. The Bertz CT molecular complexity index is 511. The largest absolute Gasteiger partial charge is 0.478 e. The van der Waals surface area contributed by atoms with E-state index in [2.05, 4.69) is 9.88 Å². The van der Waals surface area contributed by atoms with Crippen molar-refractivity contribution in [3.8, 4) is 5.88 Å². The second-order valence-electron chi connectivity index (χ2n) is 7.39. The summed E-state index contributed by atoms with van der Waals surface area (Å²) in [4.78, 5) is 6.69. The molecule has 0 bridgehead atoms. The Kier molecular flexibility index (Phi) is 7.25. The van der Waals surface area contributed by atoms with E-state index in [-0.39, 0.29) is 0 Å². The first-order valence-corrected chi connectivity index (χ1v) is 8.90. The summed E-state index contributed by atoms with van der Waals surface area (Å²) in [6.45, 7) is 12.5. The molecule has 25 heavy (non-hydrogen) atoms. The quantitative estimate of drug-likeness (QED) is 0.530. The lowest BCUT2D eigenvalue weighted by Gasteiger charge is -2.37. The highest BCUT2D eigenvalue weighted by Gasteiger charge is 2.35. The zero-order valence-corrected chi connectivity index (χ0v) is 15.8. The van der Waals surface area contributed by atoms with Crippen molar-refractivity contribution >= 4 is 12.9 Å². The number of hydrogen-bond donors (Lipinski definition) is 1. The van der Waals surface area contributed by atoms with E-state index in [1.54, 1.807) is 27.5 Å². The van der Waals surface area contributed by atoms with Crippen molar-refractivity contribution in [3.63, 3.8) is 0 Å². The van der Waals surface area contributed by atoms with Crippen LogP contribution in [0.2, 0.25) is 0 Å². The van der Waals surface area contributed by atoms with E-state index in [1.165, 1.54) is 0 Å². The van der Waals surface area contributed by atoms with Crippen molar-refractivity contribution in [2.45, 2.75) is 45.3 Å². The topological polar surface area (TPSA) is 64.0 Å². The number of hydrogen-bond acceptors (Lipinski definition) is 6. The molecule has 139 valence electrons. The molecule has 1 aromatic rings. The average Bonchev–Trinajstić information content (AvgIpc) is 2.58. The first kappa shape index (κ1) is 20.2. The first-order chi connectivity index (χ1) is 11.8. The number of nitrogens with zero attached hydrogens (tertiary/aromatic N) is 2. The molecule has 2 rings (SSSR count). The maximum absolute atomic E-state index is 10.1. The number of pyridine rings is 1. The molecular weight excluding hydrogens is 319 g/mol. The van der Waals surface area contributed by atoms with Gasteiger partial charge < -0.3 is 19.2 Å². The second kappa shape index (κ2) is 8.99. The predicted molar refractivity (Wildman–Crippen MR) is 98.5 cm³/mol. The summed E-state index contributed by atoms with van der Waals surface area (Å²) in [7, 11) is 1.62. The van der Waals surface area contributed by atoms with Crippen LogP contribution >= 0.6 is 0 Å². The van der Waals surface area contributed by atoms with E-state index in [0.717, 1.165) is 44.7 Å². The van der Waals surface area contributed by atoms with Gasteiger partial charge in [0.05, 0.1) is 31.0 Å². The van der Waals surface area contributed by atoms with Gasteiger partial charge in [-0.2, -0.15) is 0 Å². The fraction of sp³-hybridized carbons (Fsp3) is 0.722. The number of rotatable bonds is 9. The fourth-order valence-corrected chi connectivity index (χ4v) is 2.20. The van der Waals surface area contributed by atoms with E-state index in [0.29, 0.717) is 12.5 Å². The molecular formula is C18H30BN2O4. The van der Waals surface area contributed by atoms with Gasteiger partial charge in [0.25, 0.3) is 0 Å². The van der Waals surface area contributed by atoms with E-state index >= 15 is 0 Å². The molecule has 0 aromatic carbocycles. The minimum absolute atomic E-state index is 0.612. The molecule has 0 aliphatic carbocycles. The van der Waals surface area contributed by atoms with Crippen LogP contribution in [-0.2, 0) is 9.39 Å². The molecule has 1 radical (unpaired) electrons. The Balaban J connectivity index is 1.69. The van der Waals surface area contributed by atoms with Gasteiger partial charge in [-0.3, -0.25) is 4.90 Å². The average molecular weight is 349 g/mol. The lowest BCUT2D eigenvalue weighted by molar-refractivity contribution is -0.0893. The minimum atomic E-state index is -0.944. The molecule has 6 nitrogen and oxygen atoms in total. The van der Waals surface area contributed by atoms with Crippen molar-refractivity contribution in [1.29, 1.82) is 0 Å². The third kappa shape index (κ3) is 6.58. The van der Waals surface area contributed by atoms with Crippen molar-refractivity contribution in [1.82, 2.24) is 9.88 Å². The van der Waals surface area contributed by atoms with Crippen LogP contribution in [0.25, 0.3) is 0 Å². The van der Waals surface area contributed by atoms with E-state index in [9.17, 15) is 5.11 Å². The highest BCUT2D eigenvalue weighted by atomic mass is 16.5. The van der Waals surface area contributed by atoms with Crippen LogP contribution in [-0.4, -0.2) is 73.1 Å². The summed E-state index contributed by atoms with van der Waals surface area (Å²) in [5, 5.41) is 10.1. The molecule has 1 aromatic heterocycles. The molecule has 1 fully saturated rings. The molecule has 2 heterocycles. The van der Waals surface area contributed by atoms with Gasteiger partial charge in [0.1, 0.15) is 0 Å². The minimum Gasteiger partial charge on any atom is -0.478 e. The predicted octanol–water partition coefficient (Wildman–Crippen LogP) is 0.993. The molecule has 1 saturated heterocycles. The lowest BCUT2D eigenvalue weighted by atomic mass is 9.83. The number of aliphatic hydroxyl groups is 1. The van der Waals surface area contributed by atoms with Gasteiger partial charge >= 0.3 is 7.48 Å². The van der Waals surface area contributed by atoms with Crippen molar-refractivity contribution < 1.29 is 19.2 Å². The normalized spacial score (nSPS) is 16.7. The Morgan fingerprint density at radius 1 is 1.24 bits per heavy atom. The monoisotopic (exact) mass is 349 g/mol. The summed E-state index contributed by atoms with van der Waals surface area (Å²) in [5.74, 6) is 0.612. The van der Waals surface area contributed by atoms with Crippen molar-refractivity contribution in [3.05, 3.63) is 18.3 Å². The molecule has 0 amide bonds. The number of morpholine rings is 1. The summed E-state index contributed by atoms with van der Waals surface area (Å²) >= 11 is 0. The van der Waals surface area contributed by atoms with E-state index in [4.69, 9.17) is 14.1 Å². The SMILES string of the molecule is CC(C)(O)C(C)(C)O[B]c1ccc(OCCCN2CCOCC2)nc1.